The Morgan fingerprint density at radius 3 is 2.63 bits per heavy atom. The van der Waals surface area contributed by atoms with Crippen molar-refractivity contribution in [3.63, 3.8) is 0 Å². The Morgan fingerprint density at radius 2 is 1.85 bits per heavy atom. The summed E-state index contributed by atoms with van der Waals surface area (Å²) in [5.41, 5.74) is 1.08. The van der Waals surface area contributed by atoms with E-state index in [1.807, 2.05) is 47.2 Å². The van der Waals surface area contributed by atoms with Gasteiger partial charge in [-0.2, -0.15) is 0 Å². The second-order valence-corrected chi connectivity index (χ2v) is 7.78. The number of piperidine rings is 1. The predicted molar refractivity (Wildman–Crippen MR) is 106 cm³/mol. The van der Waals surface area contributed by atoms with Crippen molar-refractivity contribution >= 4 is 11.6 Å². The number of benzene rings is 1. The van der Waals surface area contributed by atoms with Crippen LogP contribution >= 0.6 is 0 Å². The number of para-hydroxylation sites is 1. The number of likely N-dealkylation sites (N-methyl/N-ethyl adjacent to an activating group) is 1. The fraction of sp³-hybridized carbons (Fsp3) is 0.571. The summed E-state index contributed by atoms with van der Waals surface area (Å²) in [5.74, 6) is 2.95. The van der Waals surface area contributed by atoms with Crippen molar-refractivity contribution in [1.82, 2.24) is 19.7 Å². The van der Waals surface area contributed by atoms with Crippen LogP contribution in [0.25, 0.3) is 0 Å². The Bertz CT molecular complexity index is 764. The molecule has 0 bridgehead atoms. The van der Waals surface area contributed by atoms with Crippen molar-refractivity contribution in [1.29, 1.82) is 0 Å². The van der Waals surface area contributed by atoms with Crippen LogP contribution in [-0.4, -0.2) is 52.3 Å². The Labute approximate surface area is 161 Å². The van der Waals surface area contributed by atoms with E-state index in [1.54, 1.807) is 0 Å². The average Bonchev–Trinajstić information content (AvgIpc) is 2.97. The number of amides is 1. The largest absolute Gasteiger partial charge is 0.365 e. The van der Waals surface area contributed by atoms with Gasteiger partial charge in [-0.05, 0) is 37.8 Å². The van der Waals surface area contributed by atoms with Gasteiger partial charge in [0.2, 0.25) is 5.91 Å². The highest BCUT2D eigenvalue weighted by atomic mass is 16.2. The number of anilines is 1. The third-order valence-electron chi connectivity index (χ3n) is 5.92. The molecular formula is C21H29N5O. The Morgan fingerprint density at radius 1 is 1.07 bits per heavy atom. The van der Waals surface area contributed by atoms with E-state index in [2.05, 4.69) is 14.8 Å². The standard InChI is InChI=1S/C21H29N5O/c1-24(18-8-4-2-5-9-18)16-20(27)25-14-11-17(12-15-25)21-23-22-19-10-6-3-7-13-26(19)21/h2,4-5,8-9,17H,3,6-7,10-16H2,1H3. The highest BCUT2D eigenvalue weighted by Gasteiger charge is 2.28. The fourth-order valence-electron chi connectivity index (χ4n) is 4.27. The average molecular weight is 367 g/mol. The van der Waals surface area contributed by atoms with E-state index in [0.29, 0.717) is 12.5 Å². The van der Waals surface area contributed by atoms with Crippen LogP contribution in [0.4, 0.5) is 5.69 Å². The first-order chi connectivity index (χ1) is 13.2. The fourth-order valence-corrected chi connectivity index (χ4v) is 4.27. The molecule has 0 radical (unpaired) electrons. The van der Waals surface area contributed by atoms with Crippen molar-refractivity contribution in [2.45, 2.75) is 51.0 Å². The number of aromatic nitrogens is 3. The summed E-state index contributed by atoms with van der Waals surface area (Å²) in [6.45, 7) is 3.11. The van der Waals surface area contributed by atoms with Crippen molar-refractivity contribution in [2.75, 3.05) is 31.6 Å². The molecule has 0 unspecified atom stereocenters. The molecule has 0 saturated carbocycles. The number of fused-ring (bicyclic) bond motifs is 1. The molecular weight excluding hydrogens is 338 g/mol. The molecule has 1 fully saturated rings. The third kappa shape index (κ3) is 3.99. The molecule has 4 rings (SSSR count). The second kappa shape index (κ2) is 8.11. The minimum atomic E-state index is 0.208. The highest BCUT2D eigenvalue weighted by molar-refractivity contribution is 5.81. The first-order valence-electron chi connectivity index (χ1n) is 10.2. The number of likely N-dealkylation sites (tertiary alicyclic amines) is 1. The van der Waals surface area contributed by atoms with E-state index in [9.17, 15) is 4.79 Å². The molecule has 6 heteroatoms. The minimum Gasteiger partial charge on any atom is -0.365 e. The maximum absolute atomic E-state index is 12.7. The van der Waals surface area contributed by atoms with Crippen LogP contribution in [-0.2, 0) is 17.8 Å². The van der Waals surface area contributed by atoms with Gasteiger partial charge in [0, 0.05) is 44.7 Å². The molecule has 144 valence electrons. The van der Waals surface area contributed by atoms with Crippen LogP contribution in [0.15, 0.2) is 30.3 Å². The molecule has 1 saturated heterocycles. The van der Waals surface area contributed by atoms with Crippen LogP contribution in [0.5, 0.6) is 0 Å². The van der Waals surface area contributed by atoms with E-state index >= 15 is 0 Å². The molecule has 0 aliphatic carbocycles. The van der Waals surface area contributed by atoms with Crippen LogP contribution in [0.3, 0.4) is 0 Å². The number of rotatable bonds is 4. The van der Waals surface area contributed by atoms with Gasteiger partial charge in [0.25, 0.3) is 0 Å². The van der Waals surface area contributed by atoms with E-state index in [-0.39, 0.29) is 5.91 Å². The number of hydrogen-bond donors (Lipinski definition) is 0. The minimum absolute atomic E-state index is 0.208. The number of aryl methyl sites for hydroxylation is 1. The molecule has 2 aliphatic rings. The lowest BCUT2D eigenvalue weighted by atomic mass is 9.95. The Hall–Kier alpha value is -2.37. The summed E-state index contributed by atoms with van der Waals surface area (Å²) in [5, 5.41) is 8.97. The second-order valence-electron chi connectivity index (χ2n) is 7.78. The third-order valence-corrected chi connectivity index (χ3v) is 5.92. The normalized spacial score (nSPS) is 18.0. The lowest BCUT2D eigenvalue weighted by Gasteiger charge is -2.33. The summed E-state index contributed by atoms with van der Waals surface area (Å²) >= 11 is 0. The smallest absolute Gasteiger partial charge is 0.242 e. The molecule has 1 aromatic carbocycles. The molecule has 2 aromatic rings. The lowest BCUT2D eigenvalue weighted by Crippen LogP contribution is -2.43. The van der Waals surface area contributed by atoms with Gasteiger partial charge in [-0.15, -0.1) is 10.2 Å². The molecule has 2 aliphatic heterocycles. The summed E-state index contributed by atoms with van der Waals surface area (Å²) in [6.07, 6.45) is 6.75. The number of carbonyl (C=O) groups is 1. The van der Waals surface area contributed by atoms with Gasteiger partial charge in [0.1, 0.15) is 11.6 Å². The monoisotopic (exact) mass is 367 g/mol. The van der Waals surface area contributed by atoms with E-state index < -0.39 is 0 Å². The van der Waals surface area contributed by atoms with Gasteiger partial charge < -0.3 is 14.4 Å². The summed E-state index contributed by atoms with van der Waals surface area (Å²) in [6, 6.07) is 10.1. The van der Waals surface area contributed by atoms with Crippen LogP contribution in [0.2, 0.25) is 0 Å². The molecule has 1 aromatic heterocycles. The Kier molecular flexibility index (Phi) is 5.41. The zero-order chi connectivity index (χ0) is 18.6. The summed E-state index contributed by atoms with van der Waals surface area (Å²) in [7, 11) is 1.98. The van der Waals surface area contributed by atoms with Crippen LogP contribution < -0.4 is 4.90 Å². The van der Waals surface area contributed by atoms with E-state index in [0.717, 1.165) is 56.2 Å². The quantitative estimate of drug-likeness (QED) is 0.834. The van der Waals surface area contributed by atoms with Crippen molar-refractivity contribution in [3.8, 4) is 0 Å². The van der Waals surface area contributed by atoms with Gasteiger partial charge in [-0.1, -0.05) is 24.6 Å². The van der Waals surface area contributed by atoms with Gasteiger partial charge in [0.05, 0.1) is 6.54 Å². The van der Waals surface area contributed by atoms with Crippen molar-refractivity contribution < 1.29 is 4.79 Å². The first-order valence-corrected chi connectivity index (χ1v) is 10.2. The molecule has 1 amide bonds. The highest BCUT2D eigenvalue weighted by Crippen LogP contribution is 2.29. The molecule has 3 heterocycles. The lowest BCUT2D eigenvalue weighted by molar-refractivity contribution is -0.130. The topological polar surface area (TPSA) is 54.3 Å². The van der Waals surface area contributed by atoms with Gasteiger partial charge in [-0.3, -0.25) is 4.79 Å². The van der Waals surface area contributed by atoms with Crippen molar-refractivity contribution in [2.24, 2.45) is 0 Å². The molecule has 0 spiro atoms. The molecule has 6 nitrogen and oxygen atoms in total. The summed E-state index contributed by atoms with van der Waals surface area (Å²) in [4.78, 5) is 16.7. The summed E-state index contributed by atoms with van der Waals surface area (Å²) < 4.78 is 2.36. The molecule has 0 N–H and O–H groups in total. The van der Waals surface area contributed by atoms with Crippen molar-refractivity contribution in [3.05, 3.63) is 42.0 Å². The predicted octanol–water partition coefficient (Wildman–Crippen LogP) is 2.85. The maximum atomic E-state index is 12.7. The molecule has 0 atom stereocenters. The van der Waals surface area contributed by atoms with Gasteiger partial charge >= 0.3 is 0 Å². The number of nitrogens with zero attached hydrogens (tertiary/aromatic N) is 5. The van der Waals surface area contributed by atoms with E-state index in [4.69, 9.17) is 0 Å². The SMILES string of the molecule is CN(CC(=O)N1CCC(c2nnc3n2CCCCC3)CC1)c1ccccc1. The van der Waals surface area contributed by atoms with Gasteiger partial charge in [-0.25, -0.2) is 0 Å². The first kappa shape index (κ1) is 18.0. The Balaban J connectivity index is 1.34. The van der Waals surface area contributed by atoms with Crippen LogP contribution in [0.1, 0.15) is 49.7 Å². The van der Waals surface area contributed by atoms with Crippen LogP contribution in [0, 0.1) is 0 Å². The number of hydrogen-bond acceptors (Lipinski definition) is 4. The zero-order valence-electron chi connectivity index (χ0n) is 16.2. The van der Waals surface area contributed by atoms with Gasteiger partial charge in [0.15, 0.2) is 0 Å². The maximum Gasteiger partial charge on any atom is 0.242 e. The zero-order valence-corrected chi connectivity index (χ0v) is 16.2. The molecule has 27 heavy (non-hydrogen) atoms. The van der Waals surface area contributed by atoms with E-state index in [1.165, 1.54) is 19.3 Å². The number of carbonyl (C=O) groups excluding carboxylic acids is 1.